The Bertz CT molecular complexity index is 421. The number of rotatable bonds is 7. The number of nitrogens with one attached hydrogen (secondary N) is 2. The fourth-order valence-electron chi connectivity index (χ4n) is 1.68. The first-order valence-electron chi connectivity index (χ1n) is 6.50. The molecule has 0 saturated heterocycles. The topological polar surface area (TPSA) is 45.7 Å². The summed E-state index contributed by atoms with van der Waals surface area (Å²) in [5.74, 6) is 0.801. The van der Waals surface area contributed by atoms with Crippen molar-refractivity contribution in [2.24, 2.45) is 4.99 Å². The highest BCUT2D eigenvalue weighted by Gasteiger charge is 2.01. The smallest absolute Gasteiger partial charge is 0.191 e. The van der Waals surface area contributed by atoms with Crippen molar-refractivity contribution in [1.82, 2.24) is 10.6 Å². The Morgan fingerprint density at radius 1 is 1.30 bits per heavy atom. The van der Waals surface area contributed by atoms with Crippen molar-refractivity contribution in [3.63, 3.8) is 0 Å². The van der Waals surface area contributed by atoms with Crippen LogP contribution in [0.4, 0.5) is 0 Å². The van der Waals surface area contributed by atoms with E-state index in [-0.39, 0.29) is 24.0 Å². The van der Waals surface area contributed by atoms with E-state index in [1.807, 2.05) is 25.1 Å². The van der Waals surface area contributed by atoms with Gasteiger partial charge in [0.05, 0.1) is 13.2 Å². The van der Waals surface area contributed by atoms with Crippen molar-refractivity contribution >= 4 is 29.9 Å². The second kappa shape index (κ2) is 11.7. The normalized spacial score (nSPS) is 10.6. The first-order valence-corrected chi connectivity index (χ1v) is 6.50. The zero-order valence-electron chi connectivity index (χ0n) is 12.2. The van der Waals surface area contributed by atoms with Crippen LogP contribution in [0.5, 0.6) is 0 Å². The van der Waals surface area contributed by atoms with Gasteiger partial charge in [-0.3, -0.25) is 0 Å². The first-order chi connectivity index (χ1) is 9.31. The highest BCUT2D eigenvalue weighted by Crippen LogP contribution is 2.10. The van der Waals surface area contributed by atoms with Crippen molar-refractivity contribution in [2.45, 2.75) is 20.1 Å². The molecule has 0 spiro atoms. The summed E-state index contributed by atoms with van der Waals surface area (Å²) in [7, 11) is 1.70. The molecule has 0 aliphatic carbocycles. The molecule has 0 radical (unpaired) electrons. The summed E-state index contributed by atoms with van der Waals surface area (Å²) in [6.07, 6.45) is 1.81. The van der Waals surface area contributed by atoms with Crippen molar-refractivity contribution in [3.05, 3.63) is 48.0 Å². The van der Waals surface area contributed by atoms with Crippen LogP contribution in [0, 0.1) is 0 Å². The van der Waals surface area contributed by atoms with E-state index in [4.69, 9.17) is 4.74 Å². The van der Waals surface area contributed by atoms with E-state index in [0.29, 0.717) is 19.7 Å². The number of benzene rings is 1. The van der Waals surface area contributed by atoms with E-state index in [2.05, 4.69) is 34.3 Å². The maximum absolute atomic E-state index is 5.19. The largest absolute Gasteiger partial charge is 0.380 e. The van der Waals surface area contributed by atoms with Crippen LogP contribution in [0.25, 0.3) is 0 Å². The molecule has 0 amide bonds. The third kappa shape index (κ3) is 6.91. The maximum Gasteiger partial charge on any atom is 0.191 e. The number of methoxy groups -OCH3 is 1. The van der Waals surface area contributed by atoms with Crippen LogP contribution < -0.4 is 10.6 Å². The lowest BCUT2D eigenvalue weighted by Crippen LogP contribution is -2.37. The van der Waals surface area contributed by atoms with Crippen LogP contribution in [-0.4, -0.2) is 26.2 Å². The monoisotopic (exact) mass is 389 g/mol. The number of nitrogens with zero attached hydrogens (tertiary/aromatic N) is 1. The molecule has 1 rings (SSSR count). The zero-order chi connectivity index (χ0) is 13.9. The lowest BCUT2D eigenvalue weighted by Gasteiger charge is -2.11. The highest BCUT2D eigenvalue weighted by atomic mass is 127. The third-order valence-electron chi connectivity index (χ3n) is 2.58. The van der Waals surface area contributed by atoms with E-state index in [0.717, 1.165) is 12.5 Å². The summed E-state index contributed by atoms with van der Waals surface area (Å²) in [6.45, 7) is 8.51. The number of aliphatic imine (C=N–C) groups is 1. The van der Waals surface area contributed by atoms with Crippen LogP contribution in [0.2, 0.25) is 0 Å². The lowest BCUT2D eigenvalue weighted by molar-refractivity contribution is 0.184. The number of halogens is 1. The second-order valence-electron chi connectivity index (χ2n) is 4.07. The van der Waals surface area contributed by atoms with Gasteiger partial charge in [0.1, 0.15) is 0 Å². The van der Waals surface area contributed by atoms with Gasteiger partial charge in [0.25, 0.3) is 0 Å². The Morgan fingerprint density at radius 2 is 2.00 bits per heavy atom. The van der Waals surface area contributed by atoms with Gasteiger partial charge in [-0.2, -0.15) is 0 Å². The van der Waals surface area contributed by atoms with Gasteiger partial charge >= 0.3 is 0 Å². The van der Waals surface area contributed by atoms with Gasteiger partial charge in [-0.15, -0.1) is 30.6 Å². The molecule has 0 saturated carbocycles. The molecule has 1 aromatic rings. The fraction of sp³-hybridized carbons (Fsp3) is 0.400. The Kier molecular flexibility index (Phi) is 11.1. The number of ether oxygens (including phenoxy) is 1. The van der Waals surface area contributed by atoms with Crippen LogP contribution in [-0.2, 0) is 17.9 Å². The molecule has 4 nitrogen and oxygen atoms in total. The summed E-state index contributed by atoms with van der Waals surface area (Å²) in [6, 6.07) is 8.18. The van der Waals surface area contributed by atoms with Crippen molar-refractivity contribution in [1.29, 1.82) is 0 Å². The quantitative estimate of drug-likeness (QED) is 0.326. The molecule has 0 bridgehead atoms. The minimum Gasteiger partial charge on any atom is -0.380 e. The molecule has 1 aromatic carbocycles. The van der Waals surface area contributed by atoms with Crippen molar-refractivity contribution in [3.8, 4) is 0 Å². The van der Waals surface area contributed by atoms with Gasteiger partial charge in [0.15, 0.2) is 5.96 Å². The van der Waals surface area contributed by atoms with Gasteiger partial charge in [0, 0.05) is 20.2 Å². The summed E-state index contributed by atoms with van der Waals surface area (Å²) >= 11 is 0. The SMILES string of the molecule is C=CCNC(=NCc1ccccc1COC)NCC.I. The Labute approximate surface area is 138 Å². The molecular weight excluding hydrogens is 365 g/mol. The predicted octanol–water partition coefficient (Wildman–Crippen LogP) is 2.69. The molecule has 0 aliphatic heterocycles. The molecule has 5 heteroatoms. The van der Waals surface area contributed by atoms with Gasteiger partial charge in [-0.25, -0.2) is 4.99 Å². The van der Waals surface area contributed by atoms with Crippen molar-refractivity contribution in [2.75, 3.05) is 20.2 Å². The molecule has 0 atom stereocenters. The van der Waals surface area contributed by atoms with Crippen LogP contribution >= 0.6 is 24.0 Å². The third-order valence-corrected chi connectivity index (χ3v) is 2.58. The number of hydrogen-bond acceptors (Lipinski definition) is 2. The molecule has 0 aliphatic rings. The van der Waals surface area contributed by atoms with E-state index < -0.39 is 0 Å². The van der Waals surface area contributed by atoms with E-state index in [1.54, 1.807) is 7.11 Å². The second-order valence-corrected chi connectivity index (χ2v) is 4.07. The minimum atomic E-state index is 0. The molecule has 0 heterocycles. The Balaban J connectivity index is 0.00000361. The average molecular weight is 389 g/mol. The summed E-state index contributed by atoms with van der Waals surface area (Å²) < 4.78 is 5.19. The maximum atomic E-state index is 5.19. The predicted molar refractivity (Wildman–Crippen MR) is 95.6 cm³/mol. The van der Waals surface area contributed by atoms with Gasteiger partial charge in [0.2, 0.25) is 0 Å². The van der Waals surface area contributed by atoms with Crippen LogP contribution in [0.1, 0.15) is 18.1 Å². The fourth-order valence-corrected chi connectivity index (χ4v) is 1.68. The highest BCUT2D eigenvalue weighted by molar-refractivity contribution is 14.0. The van der Waals surface area contributed by atoms with Crippen LogP contribution in [0.15, 0.2) is 41.9 Å². The van der Waals surface area contributed by atoms with E-state index in [9.17, 15) is 0 Å². The first kappa shape index (κ1) is 18.9. The van der Waals surface area contributed by atoms with Gasteiger partial charge < -0.3 is 15.4 Å². The van der Waals surface area contributed by atoms with Crippen molar-refractivity contribution < 1.29 is 4.74 Å². The Hall–Kier alpha value is -1.08. The number of guanidine groups is 1. The Morgan fingerprint density at radius 3 is 2.60 bits per heavy atom. The van der Waals surface area contributed by atoms with Gasteiger partial charge in [-0.05, 0) is 18.1 Å². The molecular formula is C15H24IN3O. The number of hydrogen-bond donors (Lipinski definition) is 2. The lowest BCUT2D eigenvalue weighted by atomic mass is 10.1. The summed E-state index contributed by atoms with van der Waals surface area (Å²) in [4.78, 5) is 4.56. The van der Waals surface area contributed by atoms with E-state index >= 15 is 0 Å². The molecule has 20 heavy (non-hydrogen) atoms. The van der Waals surface area contributed by atoms with Crippen LogP contribution in [0.3, 0.4) is 0 Å². The summed E-state index contributed by atoms with van der Waals surface area (Å²) in [5.41, 5.74) is 2.36. The minimum absolute atomic E-state index is 0. The van der Waals surface area contributed by atoms with Gasteiger partial charge in [-0.1, -0.05) is 30.3 Å². The molecule has 0 aromatic heterocycles. The molecule has 0 fully saturated rings. The molecule has 2 N–H and O–H groups in total. The summed E-state index contributed by atoms with van der Waals surface area (Å²) in [5, 5.41) is 6.38. The standard InChI is InChI=1S/C15H23N3O.HI/c1-4-10-17-15(16-5-2)18-11-13-8-6-7-9-14(13)12-19-3;/h4,6-9H,1,5,10-12H2,2-3H3,(H2,16,17,18);1H. The molecule has 112 valence electrons. The zero-order valence-corrected chi connectivity index (χ0v) is 14.5. The molecule has 0 unspecified atom stereocenters. The average Bonchev–Trinajstić information content (AvgIpc) is 2.43. The van der Waals surface area contributed by atoms with E-state index in [1.165, 1.54) is 11.1 Å².